The molecule has 0 aliphatic rings. The zero-order valence-corrected chi connectivity index (χ0v) is 11.6. The molecular formula is C14H24N2O2. The zero-order valence-electron chi connectivity index (χ0n) is 11.6. The van der Waals surface area contributed by atoms with Crippen molar-refractivity contribution in [2.75, 3.05) is 41.0 Å². The van der Waals surface area contributed by atoms with Gasteiger partial charge in [-0.3, -0.25) is 4.90 Å². The Hall–Kier alpha value is -0.940. The Bertz CT molecular complexity index is 344. The molecule has 18 heavy (non-hydrogen) atoms. The van der Waals surface area contributed by atoms with Gasteiger partial charge < -0.3 is 15.2 Å². The van der Waals surface area contributed by atoms with E-state index in [2.05, 4.69) is 36.2 Å². The number of rotatable bonds is 8. The lowest BCUT2D eigenvalue weighted by Gasteiger charge is -2.27. The lowest BCUT2D eigenvalue weighted by atomic mass is 10.0. The Kier molecular flexibility index (Phi) is 6.90. The minimum atomic E-state index is 0.219. The van der Waals surface area contributed by atoms with Crippen LogP contribution in [0.3, 0.4) is 0 Å². The summed E-state index contributed by atoms with van der Waals surface area (Å²) < 4.78 is 10.3. The first kappa shape index (κ1) is 15.1. The van der Waals surface area contributed by atoms with Crippen molar-refractivity contribution < 1.29 is 9.47 Å². The van der Waals surface area contributed by atoms with Crippen LogP contribution in [0.25, 0.3) is 0 Å². The van der Waals surface area contributed by atoms with Crippen LogP contribution in [0.1, 0.15) is 17.2 Å². The molecule has 0 aliphatic heterocycles. The maximum Gasteiger partial charge on any atom is 0.0713 e. The standard InChI is InChI=1S/C14H24N2O2/c1-16(7-8-17-2)14(10-15)13-6-4-5-12(9-13)11-18-3/h4-6,9,14H,7-8,10-11,15H2,1-3H3. The smallest absolute Gasteiger partial charge is 0.0713 e. The number of nitrogens with zero attached hydrogens (tertiary/aromatic N) is 1. The monoisotopic (exact) mass is 252 g/mol. The van der Waals surface area contributed by atoms with Crippen molar-refractivity contribution in [1.82, 2.24) is 4.90 Å². The van der Waals surface area contributed by atoms with Gasteiger partial charge in [0.2, 0.25) is 0 Å². The van der Waals surface area contributed by atoms with Gasteiger partial charge in [-0.15, -0.1) is 0 Å². The van der Waals surface area contributed by atoms with Gasteiger partial charge in [0, 0.05) is 33.4 Å². The number of benzene rings is 1. The predicted octanol–water partition coefficient (Wildman–Crippen LogP) is 1.41. The molecule has 0 heterocycles. The van der Waals surface area contributed by atoms with Crippen molar-refractivity contribution in [2.45, 2.75) is 12.6 Å². The summed E-state index contributed by atoms with van der Waals surface area (Å²) >= 11 is 0. The van der Waals surface area contributed by atoms with Crippen LogP contribution >= 0.6 is 0 Å². The topological polar surface area (TPSA) is 47.7 Å². The van der Waals surface area contributed by atoms with Crippen molar-refractivity contribution in [3.8, 4) is 0 Å². The van der Waals surface area contributed by atoms with Crippen molar-refractivity contribution >= 4 is 0 Å². The van der Waals surface area contributed by atoms with Gasteiger partial charge in [0.15, 0.2) is 0 Å². The van der Waals surface area contributed by atoms with E-state index in [-0.39, 0.29) is 6.04 Å². The van der Waals surface area contributed by atoms with E-state index in [0.717, 1.165) is 6.54 Å². The average Bonchev–Trinajstić information content (AvgIpc) is 2.38. The molecule has 0 amide bonds. The maximum absolute atomic E-state index is 5.89. The van der Waals surface area contributed by atoms with Crippen molar-refractivity contribution in [3.63, 3.8) is 0 Å². The Morgan fingerprint density at radius 2 is 2.06 bits per heavy atom. The van der Waals surface area contributed by atoms with Crippen LogP contribution in [0.2, 0.25) is 0 Å². The fourth-order valence-corrected chi connectivity index (χ4v) is 2.02. The molecule has 102 valence electrons. The normalized spacial score (nSPS) is 12.9. The van der Waals surface area contributed by atoms with Crippen molar-refractivity contribution in [3.05, 3.63) is 35.4 Å². The van der Waals surface area contributed by atoms with E-state index in [0.29, 0.717) is 19.8 Å². The van der Waals surface area contributed by atoms with Gasteiger partial charge in [-0.05, 0) is 18.2 Å². The predicted molar refractivity (Wildman–Crippen MR) is 73.5 cm³/mol. The lowest BCUT2D eigenvalue weighted by Crippen LogP contribution is -2.33. The summed E-state index contributed by atoms with van der Waals surface area (Å²) in [6.45, 7) is 2.81. The van der Waals surface area contributed by atoms with E-state index in [1.807, 2.05) is 0 Å². The highest BCUT2D eigenvalue weighted by Gasteiger charge is 2.15. The Labute approximate surface area is 110 Å². The highest BCUT2D eigenvalue weighted by atomic mass is 16.5. The molecular weight excluding hydrogens is 228 g/mol. The van der Waals surface area contributed by atoms with Crippen LogP contribution in [-0.4, -0.2) is 45.9 Å². The highest BCUT2D eigenvalue weighted by molar-refractivity contribution is 5.26. The van der Waals surface area contributed by atoms with Crippen molar-refractivity contribution in [2.24, 2.45) is 5.73 Å². The molecule has 1 aromatic carbocycles. The number of nitrogens with two attached hydrogens (primary N) is 1. The minimum absolute atomic E-state index is 0.219. The molecule has 1 aromatic rings. The SMILES string of the molecule is COCCN(C)C(CN)c1cccc(COC)c1. The van der Waals surface area contributed by atoms with Crippen LogP contribution in [-0.2, 0) is 16.1 Å². The van der Waals surface area contributed by atoms with Gasteiger partial charge in [0.1, 0.15) is 0 Å². The minimum Gasteiger partial charge on any atom is -0.383 e. The van der Waals surface area contributed by atoms with Gasteiger partial charge in [0.05, 0.1) is 13.2 Å². The molecule has 0 saturated carbocycles. The first-order valence-corrected chi connectivity index (χ1v) is 6.20. The number of hydrogen-bond donors (Lipinski definition) is 1. The third-order valence-electron chi connectivity index (χ3n) is 3.05. The molecule has 0 aliphatic carbocycles. The highest BCUT2D eigenvalue weighted by Crippen LogP contribution is 2.19. The summed E-state index contributed by atoms with van der Waals surface area (Å²) in [5.74, 6) is 0. The fraction of sp³-hybridized carbons (Fsp3) is 0.571. The first-order chi connectivity index (χ1) is 8.72. The molecule has 0 fully saturated rings. The second-order valence-corrected chi connectivity index (χ2v) is 4.40. The summed E-state index contributed by atoms with van der Waals surface area (Å²) in [6, 6.07) is 8.60. The molecule has 0 radical (unpaired) electrons. The molecule has 4 nitrogen and oxygen atoms in total. The van der Waals surface area contributed by atoms with E-state index in [4.69, 9.17) is 15.2 Å². The summed E-state index contributed by atoms with van der Waals surface area (Å²) in [4.78, 5) is 2.22. The summed E-state index contributed by atoms with van der Waals surface area (Å²) in [6.07, 6.45) is 0. The molecule has 0 saturated heterocycles. The third-order valence-corrected chi connectivity index (χ3v) is 3.05. The van der Waals surface area contributed by atoms with Crippen molar-refractivity contribution in [1.29, 1.82) is 0 Å². The van der Waals surface area contributed by atoms with Crippen LogP contribution in [0.15, 0.2) is 24.3 Å². The summed E-state index contributed by atoms with van der Waals surface area (Å²) in [5, 5.41) is 0. The number of likely N-dealkylation sites (N-methyl/N-ethyl adjacent to an activating group) is 1. The van der Waals surface area contributed by atoms with E-state index >= 15 is 0 Å². The summed E-state index contributed by atoms with van der Waals surface area (Å²) in [7, 11) is 5.49. The molecule has 1 unspecified atom stereocenters. The van der Waals surface area contributed by atoms with E-state index in [1.165, 1.54) is 11.1 Å². The average molecular weight is 252 g/mol. The molecule has 4 heteroatoms. The molecule has 0 bridgehead atoms. The van der Waals surface area contributed by atoms with Crippen LogP contribution in [0.4, 0.5) is 0 Å². The molecule has 0 aromatic heterocycles. The van der Waals surface area contributed by atoms with E-state index < -0.39 is 0 Å². The quantitative estimate of drug-likeness (QED) is 0.760. The molecule has 2 N–H and O–H groups in total. The maximum atomic E-state index is 5.89. The first-order valence-electron chi connectivity index (χ1n) is 6.20. The van der Waals surface area contributed by atoms with Crippen LogP contribution in [0, 0.1) is 0 Å². The second-order valence-electron chi connectivity index (χ2n) is 4.40. The largest absolute Gasteiger partial charge is 0.383 e. The summed E-state index contributed by atoms with van der Waals surface area (Å²) in [5.41, 5.74) is 8.29. The Balaban J connectivity index is 2.77. The van der Waals surface area contributed by atoms with E-state index in [1.54, 1.807) is 14.2 Å². The van der Waals surface area contributed by atoms with Gasteiger partial charge in [-0.25, -0.2) is 0 Å². The van der Waals surface area contributed by atoms with Gasteiger partial charge >= 0.3 is 0 Å². The second kappa shape index (κ2) is 8.21. The van der Waals surface area contributed by atoms with E-state index in [9.17, 15) is 0 Å². The number of hydrogen-bond acceptors (Lipinski definition) is 4. The van der Waals surface area contributed by atoms with Gasteiger partial charge in [-0.2, -0.15) is 0 Å². The van der Waals surface area contributed by atoms with Gasteiger partial charge in [-0.1, -0.05) is 24.3 Å². The Morgan fingerprint density at radius 3 is 2.67 bits per heavy atom. The van der Waals surface area contributed by atoms with Gasteiger partial charge in [0.25, 0.3) is 0 Å². The van der Waals surface area contributed by atoms with Crippen LogP contribution < -0.4 is 5.73 Å². The Morgan fingerprint density at radius 1 is 1.28 bits per heavy atom. The molecule has 0 spiro atoms. The lowest BCUT2D eigenvalue weighted by molar-refractivity contribution is 0.140. The zero-order chi connectivity index (χ0) is 13.4. The number of ether oxygens (including phenoxy) is 2. The fourth-order valence-electron chi connectivity index (χ4n) is 2.02. The van der Waals surface area contributed by atoms with Crippen LogP contribution in [0.5, 0.6) is 0 Å². The molecule has 1 atom stereocenters. The third kappa shape index (κ3) is 4.38. The molecule has 1 rings (SSSR count). The number of methoxy groups -OCH3 is 2.